The maximum Gasteiger partial charge on any atom is 0.134 e. The minimum absolute atomic E-state index is 0.529. The summed E-state index contributed by atoms with van der Waals surface area (Å²) < 4.78 is 5.32. The predicted octanol–water partition coefficient (Wildman–Crippen LogP) is 1.48. The Morgan fingerprint density at radius 1 is 1.35 bits per heavy atom. The van der Waals surface area contributed by atoms with Crippen LogP contribution in [0.5, 0.6) is 0 Å². The highest BCUT2D eigenvalue weighted by atomic mass is 16.5. The van der Waals surface area contributed by atoms with Crippen molar-refractivity contribution in [3.8, 4) is 0 Å². The first-order chi connectivity index (χ1) is 8.17. The monoisotopic (exact) mass is 238 g/mol. The first-order valence-corrected chi connectivity index (χ1v) is 6.09. The SMILES string of the molecule is CCCc1nc(N)cc(N(C)CCOCC)n1. The quantitative estimate of drug-likeness (QED) is 0.729. The van der Waals surface area contributed by atoms with Gasteiger partial charge >= 0.3 is 0 Å². The van der Waals surface area contributed by atoms with Crippen molar-refractivity contribution in [2.45, 2.75) is 26.7 Å². The van der Waals surface area contributed by atoms with Gasteiger partial charge in [0, 0.05) is 32.7 Å². The summed E-state index contributed by atoms with van der Waals surface area (Å²) in [7, 11) is 1.98. The van der Waals surface area contributed by atoms with Gasteiger partial charge in [0.15, 0.2) is 0 Å². The number of ether oxygens (including phenoxy) is 1. The Labute approximate surface area is 103 Å². The predicted molar refractivity (Wildman–Crippen MR) is 70.2 cm³/mol. The van der Waals surface area contributed by atoms with Crippen molar-refractivity contribution in [2.24, 2.45) is 0 Å². The van der Waals surface area contributed by atoms with Gasteiger partial charge < -0.3 is 15.4 Å². The highest BCUT2D eigenvalue weighted by molar-refractivity contribution is 5.46. The average Bonchev–Trinajstić information content (AvgIpc) is 2.29. The molecule has 0 aliphatic carbocycles. The van der Waals surface area contributed by atoms with Crippen LogP contribution in [0.25, 0.3) is 0 Å². The molecule has 0 amide bonds. The van der Waals surface area contributed by atoms with Gasteiger partial charge in [-0.1, -0.05) is 6.92 Å². The number of anilines is 2. The summed E-state index contributed by atoms with van der Waals surface area (Å²) in [5, 5.41) is 0. The molecule has 0 spiro atoms. The number of nitrogen functional groups attached to an aromatic ring is 1. The molecular weight excluding hydrogens is 216 g/mol. The molecule has 2 N–H and O–H groups in total. The number of aromatic nitrogens is 2. The van der Waals surface area contributed by atoms with Crippen molar-refractivity contribution in [1.29, 1.82) is 0 Å². The Morgan fingerprint density at radius 3 is 2.76 bits per heavy atom. The van der Waals surface area contributed by atoms with Gasteiger partial charge in [-0.25, -0.2) is 9.97 Å². The van der Waals surface area contributed by atoms with E-state index in [2.05, 4.69) is 16.9 Å². The van der Waals surface area contributed by atoms with E-state index in [0.717, 1.165) is 37.6 Å². The third-order valence-corrected chi connectivity index (χ3v) is 2.42. The summed E-state index contributed by atoms with van der Waals surface area (Å²) >= 11 is 0. The van der Waals surface area contributed by atoms with Crippen molar-refractivity contribution in [3.63, 3.8) is 0 Å². The standard InChI is InChI=1S/C12H22N4O/c1-4-6-11-14-10(13)9-12(15-11)16(3)7-8-17-5-2/h9H,4-8H2,1-3H3,(H2,13,14,15). The van der Waals surface area contributed by atoms with Crippen LogP contribution in [0.3, 0.4) is 0 Å². The molecule has 1 heterocycles. The Balaban J connectivity index is 2.67. The molecule has 0 radical (unpaired) electrons. The van der Waals surface area contributed by atoms with E-state index in [9.17, 15) is 0 Å². The van der Waals surface area contributed by atoms with Gasteiger partial charge in [0.1, 0.15) is 17.5 Å². The number of rotatable bonds is 7. The molecule has 0 saturated heterocycles. The molecule has 1 aromatic rings. The molecule has 0 atom stereocenters. The van der Waals surface area contributed by atoms with Crippen LogP contribution < -0.4 is 10.6 Å². The molecule has 5 heteroatoms. The lowest BCUT2D eigenvalue weighted by atomic mass is 10.3. The minimum atomic E-state index is 0.529. The number of hydrogen-bond acceptors (Lipinski definition) is 5. The van der Waals surface area contributed by atoms with Crippen molar-refractivity contribution in [1.82, 2.24) is 9.97 Å². The molecule has 0 unspecified atom stereocenters. The maximum absolute atomic E-state index is 5.77. The molecule has 0 bridgehead atoms. The summed E-state index contributed by atoms with van der Waals surface area (Å²) in [6, 6.07) is 1.80. The van der Waals surface area contributed by atoms with E-state index in [0.29, 0.717) is 12.4 Å². The first kappa shape index (κ1) is 13.7. The second-order valence-corrected chi connectivity index (χ2v) is 3.94. The van der Waals surface area contributed by atoms with Crippen molar-refractivity contribution >= 4 is 11.6 Å². The fourth-order valence-electron chi connectivity index (χ4n) is 1.49. The normalized spacial score (nSPS) is 10.5. The Hall–Kier alpha value is -1.36. The van der Waals surface area contributed by atoms with Gasteiger partial charge in [0.05, 0.1) is 6.61 Å². The molecule has 0 fully saturated rings. The third-order valence-electron chi connectivity index (χ3n) is 2.42. The lowest BCUT2D eigenvalue weighted by molar-refractivity contribution is 0.154. The van der Waals surface area contributed by atoms with Gasteiger partial charge in [-0.2, -0.15) is 0 Å². The van der Waals surface area contributed by atoms with Crippen LogP contribution >= 0.6 is 0 Å². The van der Waals surface area contributed by atoms with E-state index in [1.54, 1.807) is 6.07 Å². The Bertz CT molecular complexity index is 343. The molecule has 1 aromatic heterocycles. The highest BCUT2D eigenvalue weighted by Crippen LogP contribution is 2.13. The van der Waals surface area contributed by atoms with Crippen LogP contribution in [0.1, 0.15) is 26.1 Å². The molecule has 0 saturated carbocycles. The second-order valence-electron chi connectivity index (χ2n) is 3.94. The summed E-state index contributed by atoms with van der Waals surface area (Å²) in [5.41, 5.74) is 5.77. The summed E-state index contributed by atoms with van der Waals surface area (Å²) in [6.07, 6.45) is 1.88. The highest BCUT2D eigenvalue weighted by Gasteiger charge is 2.06. The molecule has 96 valence electrons. The molecule has 17 heavy (non-hydrogen) atoms. The second kappa shape index (κ2) is 7.06. The number of nitrogens with zero attached hydrogens (tertiary/aromatic N) is 3. The summed E-state index contributed by atoms with van der Waals surface area (Å²) in [6.45, 7) is 6.32. The Kier molecular flexibility index (Phi) is 5.69. The lowest BCUT2D eigenvalue weighted by Gasteiger charge is -2.18. The fourth-order valence-corrected chi connectivity index (χ4v) is 1.49. The van der Waals surface area contributed by atoms with Crippen LogP contribution in [-0.4, -0.2) is 36.8 Å². The van der Waals surface area contributed by atoms with E-state index in [-0.39, 0.29) is 0 Å². The number of nitrogens with two attached hydrogens (primary N) is 1. The van der Waals surface area contributed by atoms with Gasteiger partial charge in [0.25, 0.3) is 0 Å². The van der Waals surface area contributed by atoms with Crippen LogP contribution in [0.2, 0.25) is 0 Å². The zero-order chi connectivity index (χ0) is 12.7. The van der Waals surface area contributed by atoms with E-state index in [4.69, 9.17) is 10.5 Å². The first-order valence-electron chi connectivity index (χ1n) is 6.09. The van der Waals surface area contributed by atoms with Crippen LogP contribution in [-0.2, 0) is 11.2 Å². The molecular formula is C12H22N4O. The van der Waals surface area contributed by atoms with Gasteiger partial charge in [0.2, 0.25) is 0 Å². The zero-order valence-corrected chi connectivity index (χ0v) is 10.9. The summed E-state index contributed by atoms with van der Waals surface area (Å²) in [4.78, 5) is 10.7. The average molecular weight is 238 g/mol. The van der Waals surface area contributed by atoms with Crippen molar-refractivity contribution < 1.29 is 4.74 Å². The third kappa shape index (κ3) is 4.56. The zero-order valence-electron chi connectivity index (χ0n) is 10.9. The maximum atomic E-state index is 5.77. The topological polar surface area (TPSA) is 64.3 Å². The van der Waals surface area contributed by atoms with Crippen LogP contribution in [0.15, 0.2) is 6.07 Å². The molecule has 5 nitrogen and oxygen atoms in total. The van der Waals surface area contributed by atoms with Crippen LogP contribution in [0, 0.1) is 0 Å². The van der Waals surface area contributed by atoms with E-state index in [1.807, 2.05) is 18.9 Å². The smallest absolute Gasteiger partial charge is 0.134 e. The number of likely N-dealkylation sites (N-methyl/N-ethyl adjacent to an activating group) is 1. The van der Waals surface area contributed by atoms with Gasteiger partial charge in [-0.15, -0.1) is 0 Å². The van der Waals surface area contributed by atoms with E-state index in [1.165, 1.54) is 0 Å². The van der Waals surface area contributed by atoms with E-state index < -0.39 is 0 Å². The fraction of sp³-hybridized carbons (Fsp3) is 0.667. The molecule has 0 aliphatic rings. The minimum Gasteiger partial charge on any atom is -0.384 e. The largest absolute Gasteiger partial charge is 0.384 e. The lowest BCUT2D eigenvalue weighted by Crippen LogP contribution is -2.24. The van der Waals surface area contributed by atoms with Crippen molar-refractivity contribution in [2.75, 3.05) is 37.4 Å². The number of hydrogen-bond donors (Lipinski definition) is 1. The van der Waals surface area contributed by atoms with Crippen LogP contribution in [0.4, 0.5) is 11.6 Å². The van der Waals surface area contributed by atoms with E-state index >= 15 is 0 Å². The molecule has 0 aromatic carbocycles. The molecule has 1 rings (SSSR count). The molecule has 0 aliphatic heterocycles. The van der Waals surface area contributed by atoms with Crippen molar-refractivity contribution in [3.05, 3.63) is 11.9 Å². The number of aryl methyl sites for hydroxylation is 1. The Morgan fingerprint density at radius 2 is 2.12 bits per heavy atom. The van der Waals surface area contributed by atoms with Gasteiger partial charge in [-0.3, -0.25) is 0 Å². The summed E-state index contributed by atoms with van der Waals surface area (Å²) in [5.74, 6) is 2.20. The van der Waals surface area contributed by atoms with Gasteiger partial charge in [-0.05, 0) is 13.3 Å².